The monoisotopic (exact) mass is 544 g/mol. The van der Waals surface area contributed by atoms with E-state index in [9.17, 15) is 18.0 Å². The maximum atomic E-state index is 14.2. The smallest absolute Gasteiger partial charge is 0.281 e. The molecular weight excluding hydrogens is 524 g/mol. The molecule has 1 atom stereocenters. The van der Waals surface area contributed by atoms with Crippen molar-refractivity contribution in [3.63, 3.8) is 0 Å². The summed E-state index contributed by atoms with van der Waals surface area (Å²) in [5.74, 6) is -0.990. The molecule has 3 aromatic rings. The second kappa shape index (κ2) is 11.6. The molecule has 186 valence electrons. The van der Waals surface area contributed by atoms with Crippen LogP contribution in [0.1, 0.15) is 46.2 Å². The summed E-state index contributed by atoms with van der Waals surface area (Å²) in [6.07, 6.45) is -0.101. The number of thiazole rings is 1. The van der Waals surface area contributed by atoms with E-state index in [1.807, 2.05) is 4.90 Å². The maximum Gasteiger partial charge on any atom is 0.281 e. The molecule has 1 aliphatic heterocycles. The molecule has 4 rings (SSSR count). The minimum absolute atomic E-state index is 0.0225. The molecule has 1 aliphatic rings. The van der Waals surface area contributed by atoms with Crippen LogP contribution in [0.2, 0.25) is 10.2 Å². The molecule has 1 saturated heterocycles. The molecule has 1 fully saturated rings. The summed E-state index contributed by atoms with van der Waals surface area (Å²) in [5.41, 5.74) is 0.755. The lowest BCUT2D eigenvalue weighted by molar-refractivity contribution is 0.0701. The molecule has 1 aromatic carbocycles. The number of pyridine rings is 1. The number of carbonyl (C=O) groups excluding carboxylic acids is 1. The number of amides is 1. The summed E-state index contributed by atoms with van der Waals surface area (Å²) in [4.78, 5) is 22.9. The van der Waals surface area contributed by atoms with Crippen LogP contribution in [0.15, 0.2) is 42.0 Å². The van der Waals surface area contributed by atoms with Gasteiger partial charge < -0.3 is 10.1 Å². The molecule has 35 heavy (non-hydrogen) atoms. The molecule has 1 unspecified atom stereocenters. The summed E-state index contributed by atoms with van der Waals surface area (Å²) in [6.45, 7) is 1.01. The van der Waals surface area contributed by atoms with Crippen molar-refractivity contribution in [2.24, 2.45) is 0 Å². The Morgan fingerprint density at radius 3 is 2.66 bits per heavy atom. The van der Waals surface area contributed by atoms with Crippen LogP contribution < -0.4 is 10.1 Å². The van der Waals surface area contributed by atoms with Crippen LogP contribution in [0.4, 0.5) is 13.2 Å². The molecule has 2 aromatic heterocycles. The Balaban J connectivity index is 1.48. The topological polar surface area (TPSA) is 67.4 Å². The van der Waals surface area contributed by atoms with Gasteiger partial charge in [0.15, 0.2) is 10.9 Å². The van der Waals surface area contributed by atoms with Gasteiger partial charge in [0, 0.05) is 25.8 Å². The first-order chi connectivity index (χ1) is 16.8. The number of piperidine rings is 1. The number of halogens is 5. The van der Waals surface area contributed by atoms with Gasteiger partial charge in [0.05, 0.1) is 27.0 Å². The van der Waals surface area contributed by atoms with Crippen LogP contribution in [0, 0.1) is 5.82 Å². The van der Waals surface area contributed by atoms with Crippen LogP contribution in [0.3, 0.4) is 0 Å². The predicted octanol–water partition coefficient (Wildman–Crippen LogP) is 5.94. The Labute approximate surface area is 214 Å². The second-order valence-corrected chi connectivity index (χ2v) is 9.52. The lowest BCUT2D eigenvalue weighted by atomic mass is 10.0. The number of hydrogen-bond acceptors (Lipinski definition) is 6. The number of carbonyl (C=O) groups is 1. The Bertz CT molecular complexity index is 1150. The van der Waals surface area contributed by atoms with Gasteiger partial charge in [-0.3, -0.25) is 9.69 Å². The van der Waals surface area contributed by atoms with Gasteiger partial charge in [-0.1, -0.05) is 29.3 Å². The van der Waals surface area contributed by atoms with Crippen LogP contribution in [-0.2, 0) is 0 Å². The van der Waals surface area contributed by atoms with Gasteiger partial charge in [0.2, 0.25) is 0 Å². The van der Waals surface area contributed by atoms with Gasteiger partial charge in [-0.2, -0.15) is 0 Å². The van der Waals surface area contributed by atoms with E-state index >= 15 is 0 Å². The number of nitrogens with one attached hydrogen (secondary N) is 1. The van der Waals surface area contributed by atoms with Gasteiger partial charge in [0.25, 0.3) is 12.3 Å². The summed E-state index contributed by atoms with van der Waals surface area (Å²) in [6, 6.07) is 6.83. The first-order valence-corrected chi connectivity index (χ1v) is 12.4. The van der Waals surface area contributed by atoms with Crippen molar-refractivity contribution in [1.29, 1.82) is 0 Å². The molecule has 6 nitrogen and oxygen atoms in total. The fourth-order valence-electron chi connectivity index (χ4n) is 4.00. The third-order valence-electron chi connectivity index (χ3n) is 5.71. The molecule has 0 radical (unpaired) electrons. The van der Waals surface area contributed by atoms with Crippen molar-refractivity contribution in [2.75, 3.05) is 19.6 Å². The van der Waals surface area contributed by atoms with Crippen molar-refractivity contribution < 1.29 is 22.7 Å². The van der Waals surface area contributed by atoms with E-state index in [2.05, 4.69) is 15.3 Å². The fourth-order valence-corrected chi connectivity index (χ4v) is 5.35. The number of benzene rings is 1. The zero-order chi connectivity index (χ0) is 24.9. The molecule has 0 aliphatic carbocycles. The Kier molecular flexibility index (Phi) is 8.48. The number of alkyl halides is 2. The van der Waals surface area contributed by atoms with Crippen molar-refractivity contribution >= 4 is 40.4 Å². The third-order valence-corrected chi connectivity index (χ3v) is 7.26. The zero-order valence-corrected chi connectivity index (χ0v) is 20.6. The summed E-state index contributed by atoms with van der Waals surface area (Å²) >= 11 is 13.2. The van der Waals surface area contributed by atoms with E-state index in [4.69, 9.17) is 27.9 Å². The Morgan fingerprint density at radius 2 is 1.97 bits per heavy atom. The Hall–Kier alpha value is -2.40. The van der Waals surface area contributed by atoms with E-state index < -0.39 is 24.2 Å². The lowest BCUT2D eigenvalue weighted by Gasteiger charge is -2.37. The predicted molar refractivity (Wildman–Crippen MR) is 128 cm³/mol. The summed E-state index contributed by atoms with van der Waals surface area (Å²) in [5, 5.41) is 2.90. The highest BCUT2D eigenvalue weighted by molar-refractivity contribution is 7.09. The number of aromatic nitrogens is 2. The molecule has 3 heterocycles. The highest BCUT2D eigenvalue weighted by Gasteiger charge is 2.32. The zero-order valence-electron chi connectivity index (χ0n) is 18.3. The number of ether oxygens (including phenoxy) is 1. The van der Waals surface area contributed by atoms with Crippen molar-refractivity contribution in [3.05, 3.63) is 74.2 Å². The molecule has 0 saturated carbocycles. The highest BCUT2D eigenvalue weighted by Crippen LogP contribution is 2.35. The van der Waals surface area contributed by atoms with Crippen molar-refractivity contribution in [3.8, 4) is 5.75 Å². The first kappa shape index (κ1) is 25.7. The van der Waals surface area contributed by atoms with E-state index in [0.29, 0.717) is 36.6 Å². The van der Waals surface area contributed by atoms with Gasteiger partial charge in [-0.05, 0) is 37.1 Å². The van der Waals surface area contributed by atoms with Gasteiger partial charge in [-0.15, -0.1) is 11.3 Å². The molecular formula is C23H21Cl2F3N4O2S. The van der Waals surface area contributed by atoms with Gasteiger partial charge >= 0.3 is 0 Å². The Morgan fingerprint density at radius 1 is 1.20 bits per heavy atom. The van der Waals surface area contributed by atoms with Crippen LogP contribution in [0.25, 0.3) is 0 Å². The number of likely N-dealkylation sites (tertiary alicyclic amines) is 1. The van der Waals surface area contributed by atoms with Crippen molar-refractivity contribution in [2.45, 2.75) is 31.4 Å². The number of rotatable bonds is 8. The minimum Gasteiger partial charge on any atom is -0.487 e. The van der Waals surface area contributed by atoms with Crippen LogP contribution in [-0.4, -0.2) is 46.5 Å². The highest BCUT2D eigenvalue weighted by atomic mass is 35.5. The minimum atomic E-state index is -2.76. The number of nitrogens with zero attached hydrogens (tertiary/aromatic N) is 3. The average molecular weight is 545 g/mol. The fraction of sp³-hybridized carbons (Fsp3) is 0.348. The van der Waals surface area contributed by atoms with Crippen molar-refractivity contribution in [1.82, 2.24) is 20.2 Å². The molecule has 12 heteroatoms. The van der Waals surface area contributed by atoms with E-state index in [0.717, 1.165) is 17.4 Å². The average Bonchev–Trinajstić information content (AvgIpc) is 3.32. The number of hydrogen-bond donors (Lipinski definition) is 1. The SMILES string of the molecule is O=C(NCC(c1scnc1C(F)F)N1CCC(Oc2cccnc2Cl)CC1)c1c(F)cccc1Cl. The van der Waals surface area contributed by atoms with Gasteiger partial charge in [0.1, 0.15) is 17.6 Å². The molecule has 1 amide bonds. The summed E-state index contributed by atoms with van der Waals surface area (Å²) < 4.78 is 47.4. The van der Waals surface area contributed by atoms with E-state index in [-0.39, 0.29) is 34.1 Å². The lowest BCUT2D eigenvalue weighted by Crippen LogP contribution is -2.44. The van der Waals surface area contributed by atoms with Gasteiger partial charge in [-0.25, -0.2) is 23.1 Å². The van der Waals surface area contributed by atoms with Crippen LogP contribution >= 0.6 is 34.5 Å². The second-order valence-electron chi connectivity index (χ2n) is 7.87. The largest absolute Gasteiger partial charge is 0.487 e. The van der Waals surface area contributed by atoms with E-state index in [1.54, 1.807) is 18.3 Å². The normalized spacial score (nSPS) is 15.8. The molecule has 0 spiro atoms. The first-order valence-electron chi connectivity index (χ1n) is 10.8. The third kappa shape index (κ3) is 6.06. The molecule has 1 N–H and O–H groups in total. The van der Waals surface area contributed by atoms with E-state index in [1.165, 1.54) is 17.6 Å². The maximum absolute atomic E-state index is 14.2. The summed E-state index contributed by atoms with van der Waals surface area (Å²) in [7, 11) is 0. The standard InChI is InChI=1S/C23H21Cl2F3N4O2S/c24-14-3-1-4-15(26)18(14)23(33)30-11-16(20-19(22(27)28)31-12-35-20)32-9-6-13(7-10-32)34-17-5-2-8-29-21(17)25/h1-5,8,12-13,16,22H,6-7,9-11H2,(H,30,33). The molecule has 0 bridgehead atoms. The quantitative estimate of drug-likeness (QED) is 0.355. The van der Waals surface area contributed by atoms with Crippen LogP contribution in [0.5, 0.6) is 5.75 Å².